The average molecular weight is 1130 g/mol. The second-order valence-electron chi connectivity index (χ2n) is 22.0. The highest BCUT2D eigenvalue weighted by atomic mass is 16.6. The fraction of sp³-hybridized carbons (Fsp3) is 0.645. The van der Waals surface area contributed by atoms with Gasteiger partial charge in [-0.25, -0.2) is 0 Å². The Labute approximate surface area is 506 Å². The Morgan fingerprint density at radius 3 is 0.793 bits per heavy atom. The van der Waals surface area contributed by atoms with Gasteiger partial charge in [0.2, 0.25) is 0 Å². The third-order valence-electron chi connectivity index (χ3n) is 14.0. The largest absolute Gasteiger partial charge is 0.462 e. The second kappa shape index (κ2) is 68.8. The van der Waals surface area contributed by atoms with Crippen molar-refractivity contribution in [3.8, 4) is 0 Å². The van der Waals surface area contributed by atoms with Crippen LogP contribution in [-0.4, -0.2) is 37.2 Å². The van der Waals surface area contributed by atoms with Crippen molar-refractivity contribution in [1.29, 1.82) is 0 Å². The predicted molar refractivity (Wildman–Crippen MR) is 357 cm³/mol. The zero-order valence-electron chi connectivity index (χ0n) is 53.2. The molecule has 0 amide bonds. The topological polar surface area (TPSA) is 78.9 Å². The van der Waals surface area contributed by atoms with Gasteiger partial charge in [-0.2, -0.15) is 0 Å². The molecular weight excluding hydrogens is 1010 g/mol. The van der Waals surface area contributed by atoms with Crippen LogP contribution in [0.2, 0.25) is 0 Å². The Morgan fingerprint density at radius 2 is 0.488 bits per heavy atom. The molecule has 0 aliphatic rings. The van der Waals surface area contributed by atoms with Crippen LogP contribution in [0, 0.1) is 0 Å². The number of hydrogen-bond donors (Lipinski definition) is 0. The first kappa shape index (κ1) is 77.3. The van der Waals surface area contributed by atoms with Gasteiger partial charge in [0.1, 0.15) is 13.2 Å². The van der Waals surface area contributed by atoms with E-state index in [1.807, 2.05) is 0 Å². The van der Waals surface area contributed by atoms with Crippen molar-refractivity contribution in [3.63, 3.8) is 0 Å². The molecule has 1 atom stereocenters. The van der Waals surface area contributed by atoms with Crippen LogP contribution in [0.5, 0.6) is 0 Å². The quantitative estimate of drug-likeness (QED) is 0.0261. The highest BCUT2D eigenvalue weighted by Gasteiger charge is 2.19. The van der Waals surface area contributed by atoms with Crippen LogP contribution >= 0.6 is 0 Å². The Balaban J connectivity index is 4.30. The Hall–Kier alpha value is -4.71. The average Bonchev–Trinajstić information content (AvgIpc) is 3.48. The van der Waals surface area contributed by atoms with Gasteiger partial charge in [-0.05, 0) is 141 Å². The minimum atomic E-state index is -0.798. The van der Waals surface area contributed by atoms with Crippen LogP contribution in [0.1, 0.15) is 297 Å². The first-order valence-corrected chi connectivity index (χ1v) is 33.8. The molecule has 0 fully saturated rings. The van der Waals surface area contributed by atoms with E-state index in [0.717, 1.165) is 161 Å². The van der Waals surface area contributed by atoms with E-state index in [9.17, 15) is 14.4 Å². The molecule has 0 radical (unpaired) electrons. The first-order chi connectivity index (χ1) is 40.5. The molecule has 0 aromatic rings. The summed E-state index contributed by atoms with van der Waals surface area (Å²) in [5.41, 5.74) is 0. The molecule has 1 unspecified atom stereocenters. The van der Waals surface area contributed by atoms with E-state index in [1.165, 1.54) is 96.3 Å². The van der Waals surface area contributed by atoms with E-state index in [2.05, 4.69) is 167 Å². The van der Waals surface area contributed by atoms with Crippen LogP contribution in [0.15, 0.2) is 146 Å². The maximum atomic E-state index is 12.9. The van der Waals surface area contributed by atoms with Crippen LogP contribution < -0.4 is 0 Å². The number of carbonyl (C=O) groups excluding carboxylic acids is 3. The molecule has 0 N–H and O–H groups in total. The molecule has 464 valence electrons. The summed E-state index contributed by atoms with van der Waals surface area (Å²) in [7, 11) is 0. The number of esters is 3. The van der Waals surface area contributed by atoms with Crippen molar-refractivity contribution >= 4 is 17.9 Å². The monoisotopic (exact) mass is 1130 g/mol. The van der Waals surface area contributed by atoms with Crippen LogP contribution in [0.4, 0.5) is 0 Å². The van der Waals surface area contributed by atoms with Crippen LogP contribution in [0.3, 0.4) is 0 Å². The third-order valence-corrected chi connectivity index (χ3v) is 14.0. The lowest BCUT2D eigenvalue weighted by molar-refractivity contribution is -0.167. The maximum absolute atomic E-state index is 12.9. The standard InChI is InChI=1S/C76H124O6/c1-4-7-10-13-16-19-22-25-28-29-30-31-32-33-34-35-36-37-38-39-40-41-42-43-44-45-46-47-49-51-54-57-60-63-66-69-75(78)81-72-73(71-80-74(77)68-65-62-59-56-53-50-27-24-21-18-15-12-9-6-3)82-76(79)70-67-64-61-58-55-52-48-26-23-20-17-14-11-8-5-2/h7,10,15-16,18-19,24-28,30-31,33-34,36-37,39-40,42-43,45-46,48,73H,4-6,8-9,11-14,17,20-23,29,32,35,38,41,44,47,49-72H2,1-3H3/b10-7-,18-15-,19-16-,27-24-,28-25-,31-30-,34-33-,37-36-,40-39-,43-42-,46-45-,48-26-. The molecule has 0 bridgehead atoms. The zero-order valence-corrected chi connectivity index (χ0v) is 53.2. The van der Waals surface area contributed by atoms with Crippen molar-refractivity contribution in [3.05, 3.63) is 146 Å². The smallest absolute Gasteiger partial charge is 0.306 e. The lowest BCUT2D eigenvalue weighted by Gasteiger charge is -2.18. The van der Waals surface area contributed by atoms with E-state index in [1.54, 1.807) is 0 Å². The molecular formula is C76H124O6. The van der Waals surface area contributed by atoms with Crippen molar-refractivity contribution in [2.45, 2.75) is 303 Å². The van der Waals surface area contributed by atoms with Gasteiger partial charge >= 0.3 is 17.9 Å². The molecule has 0 aromatic heterocycles. The van der Waals surface area contributed by atoms with Gasteiger partial charge in [0.25, 0.3) is 0 Å². The number of ether oxygens (including phenoxy) is 3. The van der Waals surface area contributed by atoms with Gasteiger partial charge in [0, 0.05) is 19.3 Å². The fourth-order valence-electron chi connectivity index (χ4n) is 8.98. The van der Waals surface area contributed by atoms with E-state index in [4.69, 9.17) is 14.2 Å². The molecule has 0 saturated carbocycles. The van der Waals surface area contributed by atoms with Crippen LogP contribution in [0.25, 0.3) is 0 Å². The van der Waals surface area contributed by atoms with Gasteiger partial charge in [0.05, 0.1) is 0 Å². The number of carbonyl (C=O) groups is 3. The molecule has 6 heteroatoms. The minimum absolute atomic E-state index is 0.0949. The van der Waals surface area contributed by atoms with Crippen molar-refractivity contribution in [2.75, 3.05) is 13.2 Å². The molecule has 0 spiro atoms. The predicted octanol–water partition coefficient (Wildman–Crippen LogP) is 23.5. The normalized spacial score (nSPS) is 13.1. The third kappa shape index (κ3) is 66.1. The highest BCUT2D eigenvalue weighted by Crippen LogP contribution is 2.15. The Morgan fingerprint density at radius 1 is 0.256 bits per heavy atom. The lowest BCUT2D eigenvalue weighted by Crippen LogP contribution is -2.30. The summed E-state index contributed by atoms with van der Waals surface area (Å²) in [5, 5.41) is 0. The lowest BCUT2D eigenvalue weighted by atomic mass is 10.1. The van der Waals surface area contributed by atoms with Gasteiger partial charge < -0.3 is 14.2 Å². The van der Waals surface area contributed by atoms with Crippen molar-refractivity contribution < 1.29 is 28.6 Å². The van der Waals surface area contributed by atoms with E-state index >= 15 is 0 Å². The second-order valence-corrected chi connectivity index (χ2v) is 22.0. The summed E-state index contributed by atoms with van der Waals surface area (Å²) in [6.07, 6.45) is 98.6. The summed E-state index contributed by atoms with van der Waals surface area (Å²) >= 11 is 0. The maximum Gasteiger partial charge on any atom is 0.306 e. The minimum Gasteiger partial charge on any atom is -0.462 e. The van der Waals surface area contributed by atoms with Gasteiger partial charge in [-0.15, -0.1) is 0 Å². The molecule has 0 aliphatic carbocycles. The Kier molecular flexibility index (Phi) is 64.8. The van der Waals surface area contributed by atoms with Crippen molar-refractivity contribution in [2.24, 2.45) is 0 Å². The van der Waals surface area contributed by atoms with Crippen LogP contribution in [-0.2, 0) is 28.6 Å². The summed E-state index contributed by atoms with van der Waals surface area (Å²) in [5.74, 6) is -0.925. The molecule has 82 heavy (non-hydrogen) atoms. The molecule has 0 aromatic carbocycles. The summed E-state index contributed by atoms with van der Waals surface area (Å²) in [6.45, 7) is 6.46. The SMILES string of the molecule is CC/C=C\C/C=C\C/C=C\C/C=C\C/C=C\C/C=C\C/C=C\C/C=C\C/C=C\CCCCCCCCCC(=O)OCC(COC(=O)CCCCCCC/C=C\C/C=C\CCCC)OC(=O)CCCCCCC/C=C\CCCCCCCC. The molecule has 0 saturated heterocycles. The van der Waals surface area contributed by atoms with Gasteiger partial charge in [-0.3, -0.25) is 14.4 Å². The highest BCUT2D eigenvalue weighted by molar-refractivity contribution is 5.71. The number of hydrogen-bond acceptors (Lipinski definition) is 6. The Bertz CT molecular complexity index is 1780. The number of allylic oxidation sites excluding steroid dienone is 24. The number of unbranched alkanes of at least 4 members (excludes halogenated alkanes) is 25. The molecule has 6 nitrogen and oxygen atoms in total. The first-order valence-electron chi connectivity index (χ1n) is 33.8. The van der Waals surface area contributed by atoms with Gasteiger partial charge in [-0.1, -0.05) is 282 Å². The summed E-state index contributed by atoms with van der Waals surface area (Å²) in [6, 6.07) is 0. The summed E-state index contributed by atoms with van der Waals surface area (Å²) < 4.78 is 16.9. The van der Waals surface area contributed by atoms with E-state index < -0.39 is 6.10 Å². The number of rotatable bonds is 60. The fourth-order valence-corrected chi connectivity index (χ4v) is 8.98. The van der Waals surface area contributed by atoms with E-state index in [-0.39, 0.29) is 31.1 Å². The van der Waals surface area contributed by atoms with Crippen molar-refractivity contribution in [1.82, 2.24) is 0 Å². The zero-order chi connectivity index (χ0) is 59.2. The van der Waals surface area contributed by atoms with Gasteiger partial charge in [0.15, 0.2) is 6.10 Å². The van der Waals surface area contributed by atoms with E-state index in [0.29, 0.717) is 19.3 Å². The molecule has 0 rings (SSSR count). The summed E-state index contributed by atoms with van der Waals surface area (Å²) in [4.78, 5) is 38.3. The molecule has 0 aliphatic heterocycles. The molecule has 0 heterocycles.